The molecule has 11 rings (SSSR count). The highest BCUT2D eigenvalue weighted by Gasteiger charge is 2.52. The molecule has 56 heavy (non-hydrogen) atoms. The number of para-hydroxylation sites is 1. The lowest BCUT2D eigenvalue weighted by atomic mass is 9.64. The first-order chi connectivity index (χ1) is 27.8. The fourth-order valence-electron chi connectivity index (χ4n) is 8.90. The van der Waals surface area contributed by atoms with Gasteiger partial charge in [-0.1, -0.05) is 188 Å². The number of ether oxygens (including phenoxy) is 1. The van der Waals surface area contributed by atoms with Gasteiger partial charge in [-0.05, 0) is 62.7 Å². The van der Waals surface area contributed by atoms with Crippen LogP contribution in [-0.4, -0.2) is 9.97 Å². The van der Waals surface area contributed by atoms with E-state index >= 15 is 0 Å². The molecular formula is C53H34N2O. The van der Waals surface area contributed by atoms with Crippen LogP contribution in [0, 0.1) is 0 Å². The third-order valence-electron chi connectivity index (χ3n) is 11.4. The van der Waals surface area contributed by atoms with Crippen LogP contribution in [0.5, 0.6) is 11.5 Å². The largest absolute Gasteiger partial charge is 0.457 e. The second-order valence-corrected chi connectivity index (χ2v) is 14.5. The smallest absolute Gasteiger partial charge is 0.160 e. The molecular weight excluding hydrogens is 681 g/mol. The molecule has 1 aliphatic carbocycles. The summed E-state index contributed by atoms with van der Waals surface area (Å²) in [5.74, 6) is 2.45. The molecule has 2 heterocycles. The zero-order valence-corrected chi connectivity index (χ0v) is 30.4. The zero-order valence-electron chi connectivity index (χ0n) is 30.4. The van der Waals surface area contributed by atoms with E-state index in [1.807, 2.05) is 12.1 Å². The standard InChI is InChI=1S/C53H34N2O/c1-3-14-35(15-4-1)36-26-30-39(31-27-36)48-34-47(38-16-5-2-6-17-38)54-52(55-48)40-32-28-37(29-33-40)41-20-13-25-50-51(41)53(46-23-11-12-24-49(46)56-50)44-21-9-7-18-42(44)43-19-8-10-22-45(43)53/h1-34H. The van der Waals surface area contributed by atoms with Crippen LogP contribution in [-0.2, 0) is 5.41 Å². The second-order valence-electron chi connectivity index (χ2n) is 14.5. The second kappa shape index (κ2) is 12.9. The Morgan fingerprint density at radius 2 is 0.768 bits per heavy atom. The molecule has 8 aromatic carbocycles. The number of benzene rings is 8. The molecule has 0 N–H and O–H groups in total. The number of rotatable bonds is 5. The Balaban J connectivity index is 1.05. The molecule has 3 heteroatoms. The van der Waals surface area contributed by atoms with Gasteiger partial charge in [0.1, 0.15) is 11.5 Å². The molecule has 0 saturated carbocycles. The van der Waals surface area contributed by atoms with Crippen molar-refractivity contribution in [3.05, 3.63) is 229 Å². The lowest BCUT2D eigenvalue weighted by molar-refractivity contribution is 0.437. The average Bonchev–Trinajstić information content (AvgIpc) is 3.57. The van der Waals surface area contributed by atoms with Gasteiger partial charge in [-0.15, -0.1) is 0 Å². The maximum Gasteiger partial charge on any atom is 0.160 e. The molecule has 1 spiro atoms. The molecule has 0 bridgehead atoms. The van der Waals surface area contributed by atoms with Gasteiger partial charge < -0.3 is 4.74 Å². The minimum absolute atomic E-state index is 0.551. The van der Waals surface area contributed by atoms with Crippen molar-refractivity contribution in [1.29, 1.82) is 0 Å². The summed E-state index contributed by atoms with van der Waals surface area (Å²) in [6, 6.07) is 73.0. The summed E-state index contributed by atoms with van der Waals surface area (Å²) in [6.07, 6.45) is 0. The van der Waals surface area contributed by atoms with Gasteiger partial charge in [-0.3, -0.25) is 0 Å². The number of aromatic nitrogens is 2. The van der Waals surface area contributed by atoms with Crippen LogP contribution in [0.2, 0.25) is 0 Å². The molecule has 3 nitrogen and oxygen atoms in total. The van der Waals surface area contributed by atoms with E-state index in [0.29, 0.717) is 5.82 Å². The van der Waals surface area contributed by atoms with Crippen molar-refractivity contribution in [2.75, 3.05) is 0 Å². The predicted molar refractivity (Wildman–Crippen MR) is 227 cm³/mol. The van der Waals surface area contributed by atoms with Gasteiger partial charge >= 0.3 is 0 Å². The Morgan fingerprint density at radius 3 is 1.43 bits per heavy atom. The molecule has 0 radical (unpaired) electrons. The van der Waals surface area contributed by atoms with E-state index in [1.54, 1.807) is 0 Å². The summed E-state index contributed by atoms with van der Waals surface area (Å²) in [7, 11) is 0. The Labute approximate surface area is 326 Å². The summed E-state index contributed by atoms with van der Waals surface area (Å²) in [5, 5.41) is 0. The van der Waals surface area contributed by atoms with Gasteiger partial charge in [-0.25, -0.2) is 9.97 Å². The van der Waals surface area contributed by atoms with Gasteiger partial charge in [0.25, 0.3) is 0 Å². The summed E-state index contributed by atoms with van der Waals surface area (Å²) in [5.41, 5.74) is 16.2. The number of fused-ring (bicyclic) bond motifs is 9. The monoisotopic (exact) mass is 714 g/mol. The first kappa shape index (κ1) is 32.1. The van der Waals surface area contributed by atoms with Crippen molar-refractivity contribution >= 4 is 0 Å². The first-order valence-electron chi connectivity index (χ1n) is 19.1. The van der Waals surface area contributed by atoms with Crippen molar-refractivity contribution in [3.8, 4) is 78.8 Å². The van der Waals surface area contributed by atoms with E-state index in [-0.39, 0.29) is 0 Å². The minimum Gasteiger partial charge on any atom is -0.457 e. The van der Waals surface area contributed by atoms with Crippen molar-refractivity contribution in [2.45, 2.75) is 5.41 Å². The Hall–Kier alpha value is -7.36. The highest BCUT2D eigenvalue weighted by molar-refractivity contribution is 5.92. The van der Waals surface area contributed by atoms with Gasteiger partial charge in [0.2, 0.25) is 0 Å². The summed E-state index contributed by atoms with van der Waals surface area (Å²) in [6.45, 7) is 0. The van der Waals surface area contributed by atoms with Gasteiger partial charge in [0, 0.05) is 27.8 Å². The zero-order chi connectivity index (χ0) is 37.1. The molecule has 1 aliphatic heterocycles. The predicted octanol–water partition coefficient (Wildman–Crippen LogP) is 13.3. The van der Waals surface area contributed by atoms with Gasteiger partial charge in [0.05, 0.1) is 16.8 Å². The van der Waals surface area contributed by atoms with E-state index in [4.69, 9.17) is 14.7 Å². The van der Waals surface area contributed by atoms with Crippen LogP contribution in [0.25, 0.3) is 67.3 Å². The number of hydrogen-bond acceptors (Lipinski definition) is 3. The van der Waals surface area contributed by atoms with Crippen molar-refractivity contribution in [3.63, 3.8) is 0 Å². The van der Waals surface area contributed by atoms with Crippen LogP contribution in [0.4, 0.5) is 0 Å². The van der Waals surface area contributed by atoms with E-state index in [9.17, 15) is 0 Å². The molecule has 0 unspecified atom stereocenters. The van der Waals surface area contributed by atoms with Gasteiger partial charge in [-0.2, -0.15) is 0 Å². The van der Waals surface area contributed by atoms with Crippen LogP contribution in [0.3, 0.4) is 0 Å². The topological polar surface area (TPSA) is 35.0 Å². The van der Waals surface area contributed by atoms with Crippen molar-refractivity contribution in [1.82, 2.24) is 9.97 Å². The molecule has 2 aliphatic rings. The van der Waals surface area contributed by atoms with Gasteiger partial charge in [0.15, 0.2) is 5.82 Å². The molecule has 9 aromatic rings. The highest BCUT2D eigenvalue weighted by atomic mass is 16.5. The molecule has 0 atom stereocenters. The van der Waals surface area contributed by atoms with E-state index in [0.717, 1.165) is 61.8 Å². The normalized spacial score (nSPS) is 12.9. The number of nitrogens with zero attached hydrogens (tertiary/aromatic N) is 2. The van der Waals surface area contributed by atoms with Crippen LogP contribution in [0.15, 0.2) is 206 Å². The molecule has 0 saturated heterocycles. The Kier molecular flexibility index (Phi) is 7.39. The van der Waals surface area contributed by atoms with Crippen LogP contribution in [0.1, 0.15) is 22.3 Å². The quantitative estimate of drug-likeness (QED) is 0.178. The highest BCUT2D eigenvalue weighted by Crippen LogP contribution is 2.63. The summed E-state index contributed by atoms with van der Waals surface area (Å²) < 4.78 is 6.77. The maximum absolute atomic E-state index is 6.77. The molecule has 0 fully saturated rings. The third-order valence-corrected chi connectivity index (χ3v) is 11.4. The van der Waals surface area contributed by atoms with E-state index in [1.165, 1.54) is 33.4 Å². The first-order valence-corrected chi connectivity index (χ1v) is 19.1. The average molecular weight is 715 g/mol. The van der Waals surface area contributed by atoms with Crippen LogP contribution < -0.4 is 4.74 Å². The van der Waals surface area contributed by atoms with Crippen molar-refractivity contribution in [2.24, 2.45) is 0 Å². The molecule has 0 amide bonds. The van der Waals surface area contributed by atoms with Crippen molar-refractivity contribution < 1.29 is 4.74 Å². The maximum atomic E-state index is 6.77. The fraction of sp³-hybridized carbons (Fsp3) is 0.0189. The lowest BCUT2D eigenvalue weighted by Gasteiger charge is -2.40. The summed E-state index contributed by atoms with van der Waals surface area (Å²) in [4.78, 5) is 10.3. The Morgan fingerprint density at radius 1 is 0.321 bits per heavy atom. The number of hydrogen-bond donors (Lipinski definition) is 0. The lowest BCUT2D eigenvalue weighted by Crippen LogP contribution is -2.32. The third kappa shape index (κ3) is 4.98. The Bertz CT molecular complexity index is 2870. The summed E-state index contributed by atoms with van der Waals surface area (Å²) >= 11 is 0. The van der Waals surface area contributed by atoms with Crippen LogP contribution >= 0.6 is 0 Å². The molecule has 1 aromatic heterocycles. The SMILES string of the molecule is c1ccc(-c2ccc(-c3cc(-c4ccccc4)nc(-c4ccc(-c5cccc6c5C5(c7ccccc7O6)c6ccccc6-c6ccccc65)cc4)n3)cc2)cc1. The minimum atomic E-state index is -0.551. The molecule has 262 valence electrons. The van der Waals surface area contributed by atoms with E-state index in [2.05, 4.69) is 194 Å². The van der Waals surface area contributed by atoms with E-state index < -0.39 is 5.41 Å². The fourth-order valence-corrected chi connectivity index (χ4v) is 8.90.